The minimum absolute atomic E-state index is 0.0285. The number of hydrogen-bond donors (Lipinski definition) is 0. The van der Waals surface area contributed by atoms with E-state index in [9.17, 15) is 9.59 Å². The number of halogens is 1. The normalized spacial score (nSPS) is 21.8. The van der Waals surface area contributed by atoms with Gasteiger partial charge >= 0.3 is 5.97 Å². The standard InChI is InChI=1S/C30H34ClNO6/c1-7-16(2)38-30(34)26-17(3)32-22-12-19(18-8-10-21(31)11-9-18)13-23(33)28(22)27(26)20-14-24(35-4)29(37-6)25(15-20)36-5/h8-11,14-16,19,26-27H,7,12-13H2,1-6H3. The highest BCUT2D eigenvalue weighted by atomic mass is 35.5. The second-order valence-corrected chi connectivity index (χ2v) is 10.2. The lowest BCUT2D eigenvalue weighted by Crippen LogP contribution is -2.39. The average Bonchev–Trinajstić information content (AvgIpc) is 2.91. The Kier molecular flexibility index (Phi) is 8.46. The topological polar surface area (TPSA) is 83.4 Å². The first-order valence-corrected chi connectivity index (χ1v) is 13.2. The molecule has 0 amide bonds. The molecule has 202 valence electrons. The summed E-state index contributed by atoms with van der Waals surface area (Å²) in [5.74, 6) is -0.514. The van der Waals surface area contributed by atoms with Crippen LogP contribution in [0.5, 0.6) is 17.2 Å². The molecule has 7 nitrogen and oxygen atoms in total. The number of Topliss-reactive ketones (excluding diaryl/α,β-unsaturated/α-hetero) is 1. The van der Waals surface area contributed by atoms with Crippen LogP contribution in [0.3, 0.4) is 0 Å². The van der Waals surface area contributed by atoms with Crippen LogP contribution in [0.1, 0.15) is 63.0 Å². The summed E-state index contributed by atoms with van der Waals surface area (Å²) in [5, 5.41) is 0.646. The zero-order chi connectivity index (χ0) is 27.6. The van der Waals surface area contributed by atoms with Crippen molar-refractivity contribution in [3.8, 4) is 17.2 Å². The van der Waals surface area contributed by atoms with Crippen molar-refractivity contribution in [3.63, 3.8) is 0 Å². The van der Waals surface area contributed by atoms with E-state index in [4.69, 9.17) is 35.5 Å². The SMILES string of the molecule is CCC(C)OC(=O)C1C(C)=NC2=C(C(=O)CC(c3ccc(Cl)cc3)C2)C1c1cc(OC)c(OC)c(OC)c1. The summed E-state index contributed by atoms with van der Waals surface area (Å²) < 4.78 is 22.5. The van der Waals surface area contributed by atoms with Gasteiger partial charge in [0.05, 0.1) is 27.4 Å². The number of allylic oxidation sites excluding steroid dienone is 2. The van der Waals surface area contributed by atoms with Crippen LogP contribution in [0, 0.1) is 5.92 Å². The summed E-state index contributed by atoms with van der Waals surface area (Å²) in [6.45, 7) is 5.64. The van der Waals surface area contributed by atoms with E-state index >= 15 is 0 Å². The predicted octanol–water partition coefficient (Wildman–Crippen LogP) is 6.28. The molecule has 0 spiro atoms. The fourth-order valence-electron chi connectivity index (χ4n) is 5.33. The molecule has 1 aliphatic carbocycles. The molecular formula is C30H34ClNO6. The minimum Gasteiger partial charge on any atom is -0.493 e. The molecule has 0 fully saturated rings. The van der Waals surface area contributed by atoms with E-state index in [1.165, 1.54) is 21.3 Å². The average molecular weight is 540 g/mol. The van der Waals surface area contributed by atoms with Crippen molar-refractivity contribution in [2.45, 2.75) is 58.0 Å². The highest BCUT2D eigenvalue weighted by Gasteiger charge is 2.45. The van der Waals surface area contributed by atoms with Crippen LogP contribution in [-0.2, 0) is 14.3 Å². The van der Waals surface area contributed by atoms with Crippen molar-refractivity contribution in [2.75, 3.05) is 21.3 Å². The first kappa shape index (κ1) is 27.7. The molecule has 4 atom stereocenters. The lowest BCUT2D eigenvalue weighted by atomic mass is 9.69. The van der Waals surface area contributed by atoms with E-state index in [-0.39, 0.29) is 17.8 Å². The van der Waals surface area contributed by atoms with E-state index in [2.05, 4.69) is 0 Å². The number of esters is 1. The fraction of sp³-hybridized carbons (Fsp3) is 0.433. The molecule has 0 saturated carbocycles. The monoisotopic (exact) mass is 539 g/mol. The van der Waals surface area contributed by atoms with Gasteiger partial charge in [0.1, 0.15) is 5.92 Å². The zero-order valence-corrected chi connectivity index (χ0v) is 23.4. The third kappa shape index (κ3) is 5.30. The predicted molar refractivity (Wildman–Crippen MR) is 147 cm³/mol. The molecule has 1 heterocycles. The molecule has 1 aliphatic heterocycles. The first-order chi connectivity index (χ1) is 18.2. The van der Waals surface area contributed by atoms with E-state index in [0.717, 1.165) is 5.56 Å². The van der Waals surface area contributed by atoms with Gasteiger partial charge in [-0.05, 0) is 68.0 Å². The maximum atomic E-state index is 13.9. The van der Waals surface area contributed by atoms with Crippen LogP contribution in [-0.4, -0.2) is 44.9 Å². The number of carbonyl (C=O) groups is 2. The summed E-state index contributed by atoms with van der Waals surface area (Å²) in [6.07, 6.45) is 1.30. The summed E-state index contributed by atoms with van der Waals surface area (Å²) >= 11 is 6.09. The van der Waals surface area contributed by atoms with Crippen LogP contribution in [0.25, 0.3) is 0 Å². The van der Waals surface area contributed by atoms with Gasteiger partial charge in [-0.2, -0.15) is 0 Å². The molecule has 0 saturated heterocycles. The summed E-state index contributed by atoms with van der Waals surface area (Å²) in [7, 11) is 4.61. The van der Waals surface area contributed by atoms with Gasteiger partial charge in [-0.25, -0.2) is 0 Å². The Balaban J connectivity index is 1.86. The second-order valence-electron chi connectivity index (χ2n) is 9.76. The lowest BCUT2D eigenvalue weighted by molar-refractivity contribution is -0.151. The van der Waals surface area contributed by atoms with Crippen LogP contribution in [0.2, 0.25) is 5.02 Å². The first-order valence-electron chi connectivity index (χ1n) is 12.8. The number of benzene rings is 2. The van der Waals surface area contributed by atoms with E-state index in [1.807, 2.05) is 45.0 Å². The van der Waals surface area contributed by atoms with Crippen molar-refractivity contribution in [1.29, 1.82) is 0 Å². The van der Waals surface area contributed by atoms with Gasteiger partial charge in [-0.1, -0.05) is 30.7 Å². The van der Waals surface area contributed by atoms with Gasteiger partial charge in [-0.3, -0.25) is 14.6 Å². The molecule has 2 aromatic rings. The molecular weight excluding hydrogens is 506 g/mol. The van der Waals surface area contributed by atoms with Gasteiger partial charge in [0, 0.05) is 34.3 Å². The van der Waals surface area contributed by atoms with E-state index < -0.39 is 17.8 Å². The molecule has 0 N–H and O–H groups in total. The van der Waals surface area contributed by atoms with Crippen molar-refractivity contribution in [2.24, 2.45) is 10.9 Å². The van der Waals surface area contributed by atoms with E-state index in [0.29, 0.717) is 64.1 Å². The van der Waals surface area contributed by atoms with Crippen molar-refractivity contribution in [1.82, 2.24) is 0 Å². The molecule has 0 radical (unpaired) electrons. The Morgan fingerprint density at radius 1 is 1.03 bits per heavy atom. The maximum Gasteiger partial charge on any atom is 0.315 e. The zero-order valence-electron chi connectivity index (χ0n) is 22.7. The second kappa shape index (κ2) is 11.6. The molecule has 4 rings (SSSR count). The maximum absolute atomic E-state index is 13.9. The highest BCUT2D eigenvalue weighted by Crippen LogP contribution is 2.50. The number of ketones is 1. The number of nitrogens with zero attached hydrogens (tertiary/aromatic N) is 1. The van der Waals surface area contributed by atoms with Crippen LogP contribution in [0.15, 0.2) is 52.7 Å². The number of carbonyl (C=O) groups excluding carboxylic acids is 2. The molecule has 2 aliphatic rings. The lowest BCUT2D eigenvalue weighted by Gasteiger charge is -2.37. The van der Waals surface area contributed by atoms with Crippen molar-refractivity contribution < 1.29 is 28.5 Å². The number of methoxy groups -OCH3 is 3. The Bertz CT molecular complexity index is 1260. The third-order valence-corrected chi connectivity index (χ3v) is 7.67. The molecule has 38 heavy (non-hydrogen) atoms. The number of aliphatic imine (C=N–C) groups is 1. The minimum atomic E-state index is -0.762. The van der Waals surface area contributed by atoms with Crippen molar-refractivity contribution in [3.05, 3.63) is 63.8 Å². The Hall–Kier alpha value is -3.32. The number of rotatable bonds is 8. The smallest absolute Gasteiger partial charge is 0.315 e. The molecule has 8 heteroatoms. The van der Waals surface area contributed by atoms with Crippen molar-refractivity contribution >= 4 is 29.1 Å². The van der Waals surface area contributed by atoms with E-state index in [1.54, 1.807) is 12.1 Å². The Morgan fingerprint density at radius 3 is 2.21 bits per heavy atom. The molecule has 2 aromatic carbocycles. The summed E-state index contributed by atoms with van der Waals surface area (Å²) in [4.78, 5) is 32.3. The number of ether oxygens (including phenoxy) is 4. The van der Waals surface area contributed by atoms with Crippen LogP contribution < -0.4 is 14.2 Å². The number of hydrogen-bond acceptors (Lipinski definition) is 7. The largest absolute Gasteiger partial charge is 0.493 e. The molecule has 4 unspecified atom stereocenters. The van der Waals surface area contributed by atoms with Gasteiger partial charge in [0.15, 0.2) is 17.3 Å². The fourth-order valence-corrected chi connectivity index (χ4v) is 5.46. The third-order valence-electron chi connectivity index (χ3n) is 7.42. The van der Waals surface area contributed by atoms with Gasteiger partial charge in [0.25, 0.3) is 0 Å². The Morgan fingerprint density at radius 2 is 1.66 bits per heavy atom. The van der Waals surface area contributed by atoms with Gasteiger partial charge in [-0.15, -0.1) is 0 Å². The van der Waals surface area contributed by atoms with Crippen LogP contribution >= 0.6 is 11.6 Å². The Labute approximate surface area is 228 Å². The highest BCUT2D eigenvalue weighted by molar-refractivity contribution is 6.30. The van der Waals surface area contributed by atoms with Gasteiger partial charge in [0.2, 0.25) is 5.75 Å². The summed E-state index contributed by atoms with van der Waals surface area (Å²) in [6, 6.07) is 11.2. The van der Waals surface area contributed by atoms with Crippen LogP contribution in [0.4, 0.5) is 0 Å². The van der Waals surface area contributed by atoms with Gasteiger partial charge < -0.3 is 18.9 Å². The summed E-state index contributed by atoms with van der Waals surface area (Å²) in [5.41, 5.74) is 3.59. The quantitative estimate of drug-likeness (QED) is 0.367. The molecule has 0 bridgehead atoms. The molecule has 0 aromatic heterocycles.